The monoisotopic (exact) mass is 237 g/mol. The van der Waals surface area contributed by atoms with Gasteiger partial charge in [0.2, 0.25) is 0 Å². The standard InChI is InChI=1S/C11H19N5O/c1-16(2)11-5-10(13-7-14-11)15-9-6-17-4-3-8(9)12/h5,7-9H,3-4,6,12H2,1-2H3,(H,13,14,15)/t8-,9+/m1/s1. The molecule has 17 heavy (non-hydrogen) atoms. The largest absolute Gasteiger partial charge is 0.379 e. The summed E-state index contributed by atoms with van der Waals surface area (Å²) in [5.74, 6) is 1.66. The molecule has 0 saturated carbocycles. The van der Waals surface area contributed by atoms with E-state index >= 15 is 0 Å². The summed E-state index contributed by atoms with van der Waals surface area (Å²) in [5, 5.41) is 3.30. The van der Waals surface area contributed by atoms with Gasteiger partial charge in [-0.3, -0.25) is 0 Å². The summed E-state index contributed by atoms with van der Waals surface area (Å²) in [6.45, 7) is 1.37. The van der Waals surface area contributed by atoms with E-state index in [4.69, 9.17) is 10.5 Å². The van der Waals surface area contributed by atoms with Gasteiger partial charge in [0.15, 0.2) is 0 Å². The fraction of sp³-hybridized carbons (Fsp3) is 0.636. The molecule has 1 aromatic heterocycles. The zero-order valence-electron chi connectivity index (χ0n) is 10.3. The quantitative estimate of drug-likeness (QED) is 0.775. The summed E-state index contributed by atoms with van der Waals surface area (Å²) < 4.78 is 5.41. The molecule has 1 fully saturated rings. The lowest BCUT2D eigenvalue weighted by Crippen LogP contribution is -2.47. The van der Waals surface area contributed by atoms with E-state index in [1.54, 1.807) is 6.33 Å². The molecule has 94 valence electrons. The van der Waals surface area contributed by atoms with E-state index in [0.29, 0.717) is 6.61 Å². The van der Waals surface area contributed by atoms with Crippen molar-refractivity contribution in [1.82, 2.24) is 9.97 Å². The lowest BCUT2D eigenvalue weighted by Gasteiger charge is -2.29. The molecule has 0 aromatic carbocycles. The number of aromatic nitrogens is 2. The average Bonchev–Trinajstić information content (AvgIpc) is 2.32. The maximum absolute atomic E-state index is 6.03. The molecule has 6 heteroatoms. The molecule has 6 nitrogen and oxygen atoms in total. The van der Waals surface area contributed by atoms with Crippen LogP contribution in [-0.2, 0) is 4.74 Å². The third kappa shape index (κ3) is 3.04. The molecule has 2 heterocycles. The lowest BCUT2D eigenvalue weighted by atomic mass is 10.1. The van der Waals surface area contributed by atoms with E-state index in [1.165, 1.54) is 0 Å². The van der Waals surface area contributed by atoms with Gasteiger partial charge in [0.05, 0.1) is 12.6 Å². The zero-order valence-corrected chi connectivity index (χ0v) is 10.3. The Hall–Kier alpha value is -1.40. The van der Waals surface area contributed by atoms with Crippen molar-refractivity contribution in [2.75, 3.05) is 37.5 Å². The van der Waals surface area contributed by atoms with Gasteiger partial charge < -0.3 is 20.7 Å². The topological polar surface area (TPSA) is 76.3 Å². The van der Waals surface area contributed by atoms with Crippen LogP contribution in [0.25, 0.3) is 0 Å². The number of nitrogens with one attached hydrogen (secondary N) is 1. The minimum absolute atomic E-state index is 0.113. The van der Waals surface area contributed by atoms with Crippen LogP contribution < -0.4 is 16.0 Å². The SMILES string of the molecule is CN(C)c1cc(N[C@H]2COCC[C@H]2N)ncn1. The van der Waals surface area contributed by atoms with Crippen LogP contribution >= 0.6 is 0 Å². The molecule has 2 rings (SSSR count). The first kappa shape index (κ1) is 12.1. The van der Waals surface area contributed by atoms with Gasteiger partial charge in [-0.05, 0) is 6.42 Å². The molecule has 3 N–H and O–H groups in total. The number of nitrogens with zero attached hydrogens (tertiary/aromatic N) is 3. The molecule has 1 aliphatic heterocycles. The summed E-state index contributed by atoms with van der Waals surface area (Å²) in [6, 6.07) is 2.14. The maximum Gasteiger partial charge on any atom is 0.133 e. The van der Waals surface area contributed by atoms with Crippen LogP contribution in [0.3, 0.4) is 0 Å². The van der Waals surface area contributed by atoms with Gasteiger partial charge in [-0.15, -0.1) is 0 Å². The average molecular weight is 237 g/mol. The van der Waals surface area contributed by atoms with Gasteiger partial charge in [-0.25, -0.2) is 9.97 Å². The van der Waals surface area contributed by atoms with Crippen molar-refractivity contribution in [3.63, 3.8) is 0 Å². The number of ether oxygens (including phenoxy) is 1. The molecule has 1 aromatic rings. The van der Waals surface area contributed by atoms with Gasteiger partial charge in [0.1, 0.15) is 18.0 Å². The Balaban J connectivity index is 2.04. The highest BCUT2D eigenvalue weighted by Gasteiger charge is 2.22. The summed E-state index contributed by atoms with van der Waals surface area (Å²) in [6.07, 6.45) is 2.43. The van der Waals surface area contributed by atoms with Crippen LogP contribution in [0.4, 0.5) is 11.6 Å². The Morgan fingerprint density at radius 2 is 2.29 bits per heavy atom. The highest BCUT2D eigenvalue weighted by atomic mass is 16.5. The van der Waals surface area contributed by atoms with Gasteiger partial charge in [0.25, 0.3) is 0 Å². The highest BCUT2D eigenvalue weighted by Crippen LogP contribution is 2.15. The smallest absolute Gasteiger partial charge is 0.133 e. The Bertz CT molecular complexity index is 371. The number of hydrogen-bond acceptors (Lipinski definition) is 6. The Morgan fingerprint density at radius 1 is 1.47 bits per heavy atom. The lowest BCUT2D eigenvalue weighted by molar-refractivity contribution is 0.0767. The normalized spacial score (nSPS) is 24.4. The Morgan fingerprint density at radius 3 is 3.00 bits per heavy atom. The summed E-state index contributed by atoms with van der Waals surface area (Å²) in [7, 11) is 3.89. The van der Waals surface area contributed by atoms with Crippen molar-refractivity contribution in [3.05, 3.63) is 12.4 Å². The molecule has 1 saturated heterocycles. The first-order chi connectivity index (χ1) is 8.16. The van der Waals surface area contributed by atoms with E-state index in [0.717, 1.165) is 24.7 Å². The number of anilines is 2. The van der Waals surface area contributed by atoms with Crippen molar-refractivity contribution in [2.45, 2.75) is 18.5 Å². The van der Waals surface area contributed by atoms with Crippen molar-refractivity contribution in [2.24, 2.45) is 5.73 Å². The van der Waals surface area contributed by atoms with Crippen molar-refractivity contribution in [1.29, 1.82) is 0 Å². The second kappa shape index (κ2) is 5.29. The van der Waals surface area contributed by atoms with Crippen LogP contribution in [0.5, 0.6) is 0 Å². The molecule has 2 atom stereocenters. The second-order valence-corrected chi connectivity index (χ2v) is 4.43. The maximum atomic E-state index is 6.03. The van der Waals surface area contributed by atoms with E-state index in [2.05, 4.69) is 15.3 Å². The second-order valence-electron chi connectivity index (χ2n) is 4.43. The predicted molar refractivity (Wildman–Crippen MR) is 67.2 cm³/mol. The van der Waals surface area contributed by atoms with Crippen LogP contribution in [-0.4, -0.2) is 49.4 Å². The molecule has 0 radical (unpaired) electrons. The van der Waals surface area contributed by atoms with Crippen molar-refractivity contribution in [3.8, 4) is 0 Å². The highest BCUT2D eigenvalue weighted by molar-refractivity contribution is 5.48. The van der Waals surface area contributed by atoms with Crippen LogP contribution in [0.1, 0.15) is 6.42 Å². The van der Waals surface area contributed by atoms with Gasteiger partial charge >= 0.3 is 0 Å². The summed E-state index contributed by atoms with van der Waals surface area (Å²) in [4.78, 5) is 10.3. The third-order valence-electron chi connectivity index (χ3n) is 2.85. The van der Waals surface area contributed by atoms with Crippen LogP contribution in [0, 0.1) is 0 Å². The van der Waals surface area contributed by atoms with Crippen molar-refractivity contribution < 1.29 is 4.74 Å². The first-order valence-corrected chi connectivity index (χ1v) is 5.76. The Labute approximate surface area is 101 Å². The molecule has 0 bridgehead atoms. The minimum atomic E-state index is 0.113. The predicted octanol–water partition coefficient (Wildman–Crippen LogP) is 0.0707. The molecule has 0 unspecified atom stereocenters. The first-order valence-electron chi connectivity index (χ1n) is 5.76. The molecule has 1 aliphatic rings. The van der Waals surface area contributed by atoms with Crippen LogP contribution in [0.2, 0.25) is 0 Å². The van der Waals surface area contributed by atoms with E-state index in [9.17, 15) is 0 Å². The summed E-state index contributed by atoms with van der Waals surface area (Å²) in [5.41, 5.74) is 6.03. The zero-order chi connectivity index (χ0) is 12.3. The number of rotatable bonds is 3. The van der Waals surface area contributed by atoms with E-state index < -0.39 is 0 Å². The van der Waals surface area contributed by atoms with Gasteiger partial charge in [-0.2, -0.15) is 0 Å². The summed E-state index contributed by atoms with van der Waals surface area (Å²) >= 11 is 0. The molecule has 0 amide bonds. The fourth-order valence-electron chi connectivity index (χ4n) is 1.76. The molecular weight excluding hydrogens is 218 g/mol. The third-order valence-corrected chi connectivity index (χ3v) is 2.85. The minimum Gasteiger partial charge on any atom is -0.379 e. The van der Waals surface area contributed by atoms with E-state index in [1.807, 2.05) is 25.1 Å². The molecular formula is C11H19N5O. The van der Waals surface area contributed by atoms with Crippen molar-refractivity contribution >= 4 is 11.6 Å². The van der Waals surface area contributed by atoms with Crippen LogP contribution in [0.15, 0.2) is 12.4 Å². The van der Waals surface area contributed by atoms with Gasteiger partial charge in [0, 0.05) is 32.8 Å². The molecule has 0 aliphatic carbocycles. The number of nitrogens with two attached hydrogens (primary N) is 1. The fourth-order valence-corrected chi connectivity index (χ4v) is 1.76. The molecule has 0 spiro atoms. The Kier molecular flexibility index (Phi) is 3.75. The number of hydrogen-bond donors (Lipinski definition) is 2. The van der Waals surface area contributed by atoms with Gasteiger partial charge in [-0.1, -0.05) is 0 Å². The van der Waals surface area contributed by atoms with E-state index in [-0.39, 0.29) is 12.1 Å².